The van der Waals surface area contributed by atoms with Crippen molar-refractivity contribution in [3.8, 4) is 0 Å². The summed E-state index contributed by atoms with van der Waals surface area (Å²) in [6, 6.07) is 1.66. The van der Waals surface area contributed by atoms with Crippen molar-refractivity contribution in [2.24, 2.45) is 5.18 Å². The number of halogens is 1. The van der Waals surface area contributed by atoms with Gasteiger partial charge in [0, 0.05) is 12.4 Å². The van der Waals surface area contributed by atoms with Crippen LogP contribution in [0.1, 0.15) is 5.56 Å². The largest absolute Gasteiger partial charge is 0.263 e. The van der Waals surface area contributed by atoms with E-state index in [-0.39, 0.29) is 6.54 Å². The summed E-state index contributed by atoms with van der Waals surface area (Å²) in [4.78, 5) is 13.5. The van der Waals surface area contributed by atoms with Gasteiger partial charge in [0.15, 0.2) is 0 Å². The second kappa shape index (κ2) is 3.27. The van der Waals surface area contributed by atoms with Crippen LogP contribution in [-0.4, -0.2) is 4.98 Å². The second-order valence-electron chi connectivity index (χ2n) is 1.80. The zero-order valence-electron chi connectivity index (χ0n) is 5.12. The lowest BCUT2D eigenvalue weighted by molar-refractivity contribution is 1.03. The molecule has 0 aliphatic rings. The van der Waals surface area contributed by atoms with E-state index in [1.807, 2.05) is 0 Å². The molecule has 0 amide bonds. The van der Waals surface area contributed by atoms with E-state index in [0.29, 0.717) is 5.02 Å². The van der Waals surface area contributed by atoms with Gasteiger partial charge in [-0.25, -0.2) is 0 Å². The minimum absolute atomic E-state index is 0.132. The number of pyridine rings is 1. The van der Waals surface area contributed by atoms with Crippen molar-refractivity contribution in [2.45, 2.75) is 6.54 Å². The fourth-order valence-electron chi connectivity index (χ4n) is 0.617. The maximum Gasteiger partial charge on any atom is 0.108 e. The summed E-state index contributed by atoms with van der Waals surface area (Å²) in [5.41, 5.74) is 0.738. The topological polar surface area (TPSA) is 42.3 Å². The molecule has 0 radical (unpaired) electrons. The Morgan fingerprint density at radius 3 is 3.00 bits per heavy atom. The monoisotopic (exact) mass is 156 g/mol. The van der Waals surface area contributed by atoms with E-state index in [1.54, 1.807) is 12.3 Å². The van der Waals surface area contributed by atoms with Crippen molar-refractivity contribution >= 4 is 11.6 Å². The zero-order valence-corrected chi connectivity index (χ0v) is 5.88. The molecule has 0 aromatic carbocycles. The van der Waals surface area contributed by atoms with E-state index in [1.165, 1.54) is 6.20 Å². The highest BCUT2D eigenvalue weighted by Crippen LogP contribution is 2.08. The van der Waals surface area contributed by atoms with Crippen molar-refractivity contribution in [2.75, 3.05) is 0 Å². The molecule has 1 aromatic heterocycles. The molecule has 0 N–H and O–H groups in total. The van der Waals surface area contributed by atoms with E-state index in [9.17, 15) is 4.91 Å². The average Bonchev–Trinajstić information content (AvgIpc) is 1.88. The number of hydrogen-bond donors (Lipinski definition) is 0. The molecular weight excluding hydrogens is 152 g/mol. The van der Waals surface area contributed by atoms with Crippen LogP contribution in [0.2, 0.25) is 5.02 Å². The maximum atomic E-state index is 9.76. The Hall–Kier alpha value is -0.960. The van der Waals surface area contributed by atoms with E-state index in [4.69, 9.17) is 11.6 Å². The van der Waals surface area contributed by atoms with Gasteiger partial charge in [0.25, 0.3) is 0 Å². The van der Waals surface area contributed by atoms with Crippen LogP contribution in [0.5, 0.6) is 0 Å². The minimum atomic E-state index is 0.132. The molecule has 1 heterocycles. The lowest BCUT2D eigenvalue weighted by atomic mass is 10.3. The minimum Gasteiger partial charge on any atom is -0.263 e. The van der Waals surface area contributed by atoms with Crippen LogP contribution in [-0.2, 0) is 6.54 Å². The SMILES string of the molecule is O=NCc1cncc(Cl)c1. The Morgan fingerprint density at radius 2 is 2.40 bits per heavy atom. The van der Waals surface area contributed by atoms with Gasteiger partial charge in [-0.1, -0.05) is 16.8 Å². The summed E-state index contributed by atoms with van der Waals surface area (Å²) >= 11 is 5.57. The molecule has 0 saturated carbocycles. The molecule has 3 nitrogen and oxygen atoms in total. The first-order chi connectivity index (χ1) is 4.83. The van der Waals surface area contributed by atoms with Gasteiger partial charge in [0.2, 0.25) is 0 Å². The van der Waals surface area contributed by atoms with Crippen LogP contribution in [0.15, 0.2) is 23.6 Å². The molecule has 1 aromatic rings. The van der Waals surface area contributed by atoms with E-state index in [2.05, 4.69) is 10.2 Å². The smallest absolute Gasteiger partial charge is 0.108 e. The Kier molecular flexibility index (Phi) is 2.34. The lowest BCUT2D eigenvalue weighted by Gasteiger charge is -1.91. The van der Waals surface area contributed by atoms with Crippen molar-refractivity contribution in [3.63, 3.8) is 0 Å². The van der Waals surface area contributed by atoms with Gasteiger partial charge in [0.1, 0.15) is 6.54 Å². The molecule has 52 valence electrons. The Balaban J connectivity index is 2.84. The number of hydrogen-bond acceptors (Lipinski definition) is 3. The first-order valence-electron chi connectivity index (χ1n) is 2.71. The summed E-state index contributed by atoms with van der Waals surface area (Å²) in [7, 11) is 0. The normalized spacial score (nSPS) is 9.30. The van der Waals surface area contributed by atoms with E-state index < -0.39 is 0 Å². The molecule has 10 heavy (non-hydrogen) atoms. The molecule has 0 fully saturated rings. The number of aromatic nitrogens is 1. The summed E-state index contributed by atoms with van der Waals surface area (Å²) in [6.45, 7) is 0.132. The highest BCUT2D eigenvalue weighted by Gasteiger charge is 1.92. The summed E-state index contributed by atoms with van der Waals surface area (Å²) in [5, 5.41) is 3.23. The van der Waals surface area contributed by atoms with Crippen LogP contribution in [0.3, 0.4) is 0 Å². The molecular formula is C6H5ClN2O. The maximum absolute atomic E-state index is 9.76. The third kappa shape index (κ3) is 1.77. The highest BCUT2D eigenvalue weighted by atomic mass is 35.5. The van der Waals surface area contributed by atoms with Crippen LogP contribution in [0.4, 0.5) is 0 Å². The Labute approximate surface area is 63.0 Å². The molecule has 0 atom stereocenters. The van der Waals surface area contributed by atoms with Gasteiger partial charge in [-0.05, 0) is 11.6 Å². The predicted molar refractivity (Wildman–Crippen MR) is 38.7 cm³/mol. The van der Waals surface area contributed by atoms with Gasteiger partial charge in [-0.15, -0.1) is 0 Å². The first-order valence-corrected chi connectivity index (χ1v) is 3.09. The molecule has 0 spiro atoms. The van der Waals surface area contributed by atoms with Gasteiger partial charge in [-0.2, -0.15) is 4.91 Å². The first kappa shape index (κ1) is 7.15. The number of nitroso groups, excluding NO2 is 1. The predicted octanol–water partition coefficient (Wildman–Crippen LogP) is 2.00. The second-order valence-corrected chi connectivity index (χ2v) is 2.24. The molecule has 0 aliphatic carbocycles. The lowest BCUT2D eigenvalue weighted by Crippen LogP contribution is -1.81. The average molecular weight is 157 g/mol. The van der Waals surface area contributed by atoms with Crippen LogP contribution in [0, 0.1) is 4.91 Å². The fourth-order valence-corrected chi connectivity index (χ4v) is 0.813. The third-order valence-electron chi connectivity index (χ3n) is 1.01. The zero-order chi connectivity index (χ0) is 7.40. The van der Waals surface area contributed by atoms with E-state index in [0.717, 1.165) is 5.56 Å². The van der Waals surface area contributed by atoms with Crippen molar-refractivity contribution in [1.82, 2.24) is 4.98 Å². The fraction of sp³-hybridized carbons (Fsp3) is 0.167. The summed E-state index contributed by atoms with van der Waals surface area (Å²) in [5.74, 6) is 0. The van der Waals surface area contributed by atoms with Gasteiger partial charge >= 0.3 is 0 Å². The van der Waals surface area contributed by atoms with Crippen LogP contribution < -0.4 is 0 Å². The highest BCUT2D eigenvalue weighted by molar-refractivity contribution is 6.30. The molecule has 0 aliphatic heterocycles. The van der Waals surface area contributed by atoms with Crippen molar-refractivity contribution in [1.29, 1.82) is 0 Å². The van der Waals surface area contributed by atoms with E-state index >= 15 is 0 Å². The van der Waals surface area contributed by atoms with Gasteiger partial charge in [0.05, 0.1) is 5.02 Å². The van der Waals surface area contributed by atoms with Crippen LogP contribution >= 0.6 is 11.6 Å². The summed E-state index contributed by atoms with van der Waals surface area (Å²) < 4.78 is 0. The number of rotatable bonds is 2. The van der Waals surface area contributed by atoms with Gasteiger partial charge < -0.3 is 0 Å². The molecule has 0 unspecified atom stereocenters. The molecule has 1 rings (SSSR count). The Bertz CT molecular complexity index is 239. The van der Waals surface area contributed by atoms with Gasteiger partial charge in [-0.3, -0.25) is 4.98 Å². The van der Waals surface area contributed by atoms with Crippen LogP contribution in [0.25, 0.3) is 0 Å². The van der Waals surface area contributed by atoms with Crippen molar-refractivity contribution < 1.29 is 0 Å². The Morgan fingerprint density at radius 1 is 1.60 bits per heavy atom. The van der Waals surface area contributed by atoms with Crippen molar-refractivity contribution in [3.05, 3.63) is 34.0 Å². The quantitative estimate of drug-likeness (QED) is 0.615. The molecule has 0 saturated heterocycles. The summed E-state index contributed by atoms with van der Waals surface area (Å²) in [6.07, 6.45) is 3.07. The molecule has 4 heteroatoms. The third-order valence-corrected chi connectivity index (χ3v) is 1.22. The number of nitrogens with zero attached hydrogens (tertiary/aromatic N) is 2. The molecule has 0 bridgehead atoms. The standard InChI is InChI=1S/C6H5ClN2O/c7-6-1-5(3-9-10)2-8-4-6/h1-2,4H,3H2.